The van der Waals surface area contributed by atoms with Gasteiger partial charge in [-0.05, 0) is 16.7 Å². The molecule has 0 atom stereocenters. The number of carboxylic acid groups (broad SMARTS) is 1. The second kappa shape index (κ2) is 5.05. The van der Waals surface area contributed by atoms with E-state index < -0.39 is 21.7 Å². The summed E-state index contributed by atoms with van der Waals surface area (Å²) in [5.74, 6) is -2.26. The molecule has 1 aromatic rings. The van der Waals surface area contributed by atoms with Crippen LogP contribution in [-0.4, -0.2) is 25.2 Å². The lowest BCUT2D eigenvalue weighted by Gasteiger charge is -2.06. The average Bonchev–Trinajstić information content (AvgIpc) is 2.71. The molecule has 7 heteroatoms. The minimum absolute atomic E-state index is 0.114. The number of rotatable bonds is 5. The van der Waals surface area contributed by atoms with Crippen molar-refractivity contribution >= 4 is 16.0 Å². The van der Waals surface area contributed by atoms with Gasteiger partial charge < -0.3 is 10.4 Å². The van der Waals surface area contributed by atoms with Crippen molar-refractivity contribution in [2.75, 3.05) is 5.75 Å². The first kappa shape index (κ1) is 13.0. The van der Waals surface area contributed by atoms with Crippen LogP contribution in [0, 0.1) is 0 Å². The number of fused-ring (bicyclic) bond motifs is 1. The largest absolute Gasteiger partial charge is 0.480 e. The fourth-order valence-corrected chi connectivity index (χ4v) is 2.68. The quantitative estimate of drug-likeness (QED) is 0.688. The Morgan fingerprint density at radius 3 is 2.78 bits per heavy atom. The molecule has 0 aromatic heterocycles. The maximum atomic E-state index is 11.3. The fourth-order valence-electron chi connectivity index (χ4n) is 1.86. The Hall–Kier alpha value is -1.44. The van der Waals surface area contributed by atoms with Crippen molar-refractivity contribution in [2.24, 2.45) is 0 Å². The van der Waals surface area contributed by atoms with E-state index in [0.29, 0.717) is 0 Å². The average molecular weight is 270 g/mol. The SMILES string of the molecule is O=C(O)CS(=O)(=O)NCc1ccc2c(c1)CNC2. The van der Waals surface area contributed by atoms with Crippen molar-refractivity contribution in [2.45, 2.75) is 19.6 Å². The summed E-state index contributed by atoms with van der Waals surface area (Å²) in [7, 11) is -3.76. The molecule has 0 bridgehead atoms. The van der Waals surface area contributed by atoms with Crippen molar-refractivity contribution < 1.29 is 18.3 Å². The molecule has 1 aromatic carbocycles. The maximum Gasteiger partial charge on any atom is 0.320 e. The Morgan fingerprint density at radius 1 is 1.33 bits per heavy atom. The van der Waals surface area contributed by atoms with Gasteiger partial charge in [0.25, 0.3) is 0 Å². The third kappa shape index (κ3) is 3.28. The molecule has 18 heavy (non-hydrogen) atoms. The summed E-state index contributed by atoms with van der Waals surface area (Å²) >= 11 is 0. The van der Waals surface area contributed by atoms with E-state index in [4.69, 9.17) is 5.11 Å². The highest BCUT2D eigenvalue weighted by molar-refractivity contribution is 7.90. The highest BCUT2D eigenvalue weighted by Gasteiger charge is 2.15. The highest BCUT2D eigenvalue weighted by Crippen LogP contribution is 2.16. The van der Waals surface area contributed by atoms with Gasteiger partial charge in [-0.15, -0.1) is 0 Å². The summed E-state index contributed by atoms with van der Waals surface area (Å²) in [6.45, 7) is 1.73. The van der Waals surface area contributed by atoms with Crippen LogP contribution in [0.4, 0.5) is 0 Å². The van der Waals surface area contributed by atoms with Crippen LogP contribution in [0.15, 0.2) is 18.2 Å². The van der Waals surface area contributed by atoms with Gasteiger partial charge in [-0.3, -0.25) is 4.79 Å². The van der Waals surface area contributed by atoms with E-state index in [0.717, 1.165) is 24.2 Å². The van der Waals surface area contributed by atoms with Gasteiger partial charge in [0.15, 0.2) is 5.75 Å². The zero-order chi connectivity index (χ0) is 13.2. The van der Waals surface area contributed by atoms with Gasteiger partial charge in [0, 0.05) is 19.6 Å². The molecule has 0 saturated heterocycles. The summed E-state index contributed by atoms with van der Waals surface area (Å²) in [4.78, 5) is 10.4. The van der Waals surface area contributed by atoms with Crippen LogP contribution in [0.5, 0.6) is 0 Å². The minimum atomic E-state index is -3.76. The van der Waals surface area contributed by atoms with Crippen molar-refractivity contribution in [3.05, 3.63) is 34.9 Å². The van der Waals surface area contributed by atoms with Gasteiger partial charge in [-0.1, -0.05) is 18.2 Å². The summed E-state index contributed by atoms with van der Waals surface area (Å²) in [5, 5.41) is 11.6. The molecular weight excluding hydrogens is 256 g/mol. The Kier molecular flexibility index (Phi) is 3.65. The van der Waals surface area contributed by atoms with E-state index in [1.807, 2.05) is 18.2 Å². The Morgan fingerprint density at radius 2 is 2.06 bits per heavy atom. The third-order valence-electron chi connectivity index (χ3n) is 2.71. The van der Waals surface area contributed by atoms with Crippen LogP contribution < -0.4 is 10.0 Å². The molecule has 0 spiro atoms. The summed E-state index contributed by atoms with van der Waals surface area (Å²) < 4.78 is 25.0. The van der Waals surface area contributed by atoms with Crippen LogP contribution in [-0.2, 0) is 34.5 Å². The van der Waals surface area contributed by atoms with Gasteiger partial charge in [0.05, 0.1) is 0 Å². The molecule has 0 aliphatic carbocycles. The second-order valence-electron chi connectivity index (χ2n) is 4.18. The molecular formula is C11H14N2O4S. The van der Waals surface area contributed by atoms with Crippen molar-refractivity contribution in [1.82, 2.24) is 10.0 Å². The van der Waals surface area contributed by atoms with E-state index in [-0.39, 0.29) is 6.54 Å². The molecule has 3 N–H and O–H groups in total. The monoisotopic (exact) mass is 270 g/mol. The molecule has 2 rings (SSSR count). The molecule has 0 fully saturated rings. The molecule has 1 heterocycles. The number of nitrogens with one attached hydrogen (secondary N) is 2. The third-order valence-corrected chi connectivity index (χ3v) is 3.92. The molecule has 0 unspecified atom stereocenters. The van der Waals surface area contributed by atoms with Crippen molar-refractivity contribution in [3.63, 3.8) is 0 Å². The van der Waals surface area contributed by atoms with E-state index >= 15 is 0 Å². The van der Waals surface area contributed by atoms with Crippen molar-refractivity contribution in [3.8, 4) is 0 Å². The molecule has 98 valence electrons. The van der Waals surface area contributed by atoms with Gasteiger partial charge in [0.2, 0.25) is 10.0 Å². The smallest absolute Gasteiger partial charge is 0.320 e. The lowest BCUT2D eigenvalue weighted by molar-refractivity contribution is -0.134. The van der Waals surface area contributed by atoms with Gasteiger partial charge in [-0.2, -0.15) is 0 Å². The van der Waals surface area contributed by atoms with Crippen LogP contribution in [0.1, 0.15) is 16.7 Å². The Balaban J connectivity index is 2.00. The maximum absolute atomic E-state index is 11.3. The molecule has 0 amide bonds. The predicted molar refractivity (Wildman–Crippen MR) is 65.2 cm³/mol. The predicted octanol–water partition coefficient (Wildman–Crippen LogP) is -0.206. The van der Waals surface area contributed by atoms with Crippen LogP contribution >= 0.6 is 0 Å². The second-order valence-corrected chi connectivity index (χ2v) is 5.99. The zero-order valence-electron chi connectivity index (χ0n) is 9.64. The van der Waals surface area contributed by atoms with Crippen LogP contribution in [0.3, 0.4) is 0 Å². The van der Waals surface area contributed by atoms with Gasteiger partial charge in [-0.25, -0.2) is 13.1 Å². The number of hydrogen-bond donors (Lipinski definition) is 3. The number of carboxylic acids is 1. The first-order valence-corrected chi connectivity index (χ1v) is 7.12. The van der Waals surface area contributed by atoms with E-state index in [1.54, 1.807) is 0 Å². The lowest BCUT2D eigenvalue weighted by Crippen LogP contribution is -2.29. The first-order chi connectivity index (χ1) is 8.46. The van der Waals surface area contributed by atoms with Crippen LogP contribution in [0.25, 0.3) is 0 Å². The lowest BCUT2D eigenvalue weighted by atomic mass is 10.1. The number of carbonyl (C=O) groups is 1. The topological polar surface area (TPSA) is 95.5 Å². The first-order valence-electron chi connectivity index (χ1n) is 5.47. The van der Waals surface area contributed by atoms with E-state index in [9.17, 15) is 13.2 Å². The Bertz CT molecular complexity index is 568. The molecule has 1 aliphatic rings. The standard InChI is InChI=1S/C11H14N2O4S/c14-11(15)7-18(16,17)13-4-8-1-2-9-5-12-6-10(9)3-8/h1-3,12-13H,4-7H2,(H,14,15). The van der Waals surface area contributed by atoms with E-state index in [1.165, 1.54) is 5.56 Å². The summed E-state index contributed by atoms with van der Waals surface area (Å²) in [6, 6.07) is 5.73. The van der Waals surface area contributed by atoms with Gasteiger partial charge in [0.1, 0.15) is 0 Å². The molecule has 1 aliphatic heterocycles. The zero-order valence-corrected chi connectivity index (χ0v) is 10.5. The summed E-state index contributed by atoms with van der Waals surface area (Å²) in [5.41, 5.74) is 3.20. The fraction of sp³-hybridized carbons (Fsp3) is 0.364. The molecule has 0 radical (unpaired) electrons. The van der Waals surface area contributed by atoms with E-state index in [2.05, 4.69) is 10.0 Å². The number of aliphatic carboxylic acids is 1. The highest BCUT2D eigenvalue weighted by atomic mass is 32.2. The van der Waals surface area contributed by atoms with Crippen LogP contribution in [0.2, 0.25) is 0 Å². The van der Waals surface area contributed by atoms with Gasteiger partial charge >= 0.3 is 5.97 Å². The number of hydrogen-bond acceptors (Lipinski definition) is 4. The molecule has 0 saturated carbocycles. The molecule has 6 nitrogen and oxygen atoms in total. The number of benzene rings is 1. The van der Waals surface area contributed by atoms with Crippen molar-refractivity contribution in [1.29, 1.82) is 0 Å². The summed E-state index contributed by atoms with van der Waals surface area (Å²) in [6.07, 6.45) is 0. The number of sulfonamides is 1. The minimum Gasteiger partial charge on any atom is -0.480 e. The normalized spacial score (nSPS) is 14.4. The Labute approximate surface area is 105 Å².